The van der Waals surface area contributed by atoms with Gasteiger partial charge in [0.15, 0.2) is 10.2 Å². The van der Waals surface area contributed by atoms with Crippen LogP contribution in [0.15, 0.2) is 75.2 Å². The monoisotopic (exact) mass is 494 g/mol. The van der Waals surface area contributed by atoms with Gasteiger partial charge in [0.2, 0.25) is 0 Å². The Balaban J connectivity index is 1.35. The Hall–Kier alpha value is -2.39. The Labute approximate surface area is 210 Å². The number of furan rings is 1. The van der Waals surface area contributed by atoms with Gasteiger partial charge in [0.05, 0.1) is 24.9 Å². The van der Waals surface area contributed by atoms with Gasteiger partial charge >= 0.3 is 0 Å². The van der Waals surface area contributed by atoms with Gasteiger partial charge in [0, 0.05) is 37.3 Å². The lowest BCUT2D eigenvalue weighted by Gasteiger charge is -2.29. The summed E-state index contributed by atoms with van der Waals surface area (Å²) < 4.78 is 11.9. The Morgan fingerprint density at radius 3 is 2.65 bits per heavy atom. The molecule has 2 aliphatic rings. The fourth-order valence-electron chi connectivity index (χ4n) is 4.52. The zero-order chi connectivity index (χ0) is 23.3. The van der Waals surface area contributed by atoms with E-state index in [2.05, 4.69) is 69.5 Å². The predicted octanol–water partition coefficient (Wildman–Crippen LogP) is 4.83. The number of aromatic nitrogens is 1. The van der Waals surface area contributed by atoms with Crippen molar-refractivity contribution in [1.29, 1.82) is 0 Å². The van der Waals surface area contributed by atoms with Crippen molar-refractivity contribution in [2.45, 2.75) is 35.4 Å². The van der Waals surface area contributed by atoms with Crippen molar-refractivity contribution in [3.05, 3.63) is 77.8 Å². The maximum Gasteiger partial charge on any atom is 0.170 e. The summed E-state index contributed by atoms with van der Waals surface area (Å²) in [5.74, 6) is 0.906. The average molecular weight is 495 g/mol. The van der Waals surface area contributed by atoms with E-state index in [-0.39, 0.29) is 12.1 Å². The minimum Gasteiger partial charge on any atom is -0.452 e. The summed E-state index contributed by atoms with van der Waals surface area (Å²) in [5, 5.41) is 5.15. The van der Waals surface area contributed by atoms with E-state index in [1.807, 2.05) is 18.3 Å². The summed E-state index contributed by atoms with van der Waals surface area (Å²) in [6, 6.07) is 18.6. The molecule has 0 saturated carbocycles. The van der Waals surface area contributed by atoms with Crippen molar-refractivity contribution in [2.24, 2.45) is 0 Å². The minimum atomic E-state index is -0.0551. The zero-order valence-corrected chi connectivity index (χ0v) is 21.0. The number of ether oxygens (including phenoxy) is 1. The average Bonchev–Trinajstić information content (AvgIpc) is 3.46. The van der Waals surface area contributed by atoms with Gasteiger partial charge in [-0.15, -0.1) is 0 Å². The number of aryl methyl sites for hydroxylation is 1. The molecule has 0 spiro atoms. The molecule has 4 heterocycles. The summed E-state index contributed by atoms with van der Waals surface area (Å²) in [5.41, 5.74) is 2.22. The molecule has 0 amide bonds. The largest absolute Gasteiger partial charge is 0.452 e. The van der Waals surface area contributed by atoms with Crippen molar-refractivity contribution < 1.29 is 9.15 Å². The normalized spacial score (nSPS) is 21.1. The Morgan fingerprint density at radius 2 is 1.88 bits per heavy atom. The van der Waals surface area contributed by atoms with Gasteiger partial charge in [-0.05, 0) is 62.0 Å². The highest BCUT2D eigenvalue weighted by molar-refractivity contribution is 7.99. The van der Waals surface area contributed by atoms with Crippen LogP contribution in [-0.2, 0) is 4.74 Å². The molecule has 5 rings (SSSR count). The van der Waals surface area contributed by atoms with Crippen LogP contribution in [0.2, 0.25) is 0 Å². The third-order valence-electron chi connectivity index (χ3n) is 6.31. The molecule has 2 aliphatic heterocycles. The fourth-order valence-corrected chi connectivity index (χ4v) is 5.63. The molecule has 0 radical (unpaired) electrons. The van der Waals surface area contributed by atoms with E-state index < -0.39 is 0 Å². The maximum atomic E-state index is 6.40. The van der Waals surface area contributed by atoms with E-state index in [9.17, 15) is 0 Å². The van der Waals surface area contributed by atoms with Gasteiger partial charge in [-0.3, -0.25) is 9.88 Å². The summed E-state index contributed by atoms with van der Waals surface area (Å²) in [6.45, 7) is 7.64. The van der Waals surface area contributed by atoms with Crippen molar-refractivity contribution in [2.75, 3.05) is 39.4 Å². The second kappa shape index (κ2) is 10.9. The van der Waals surface area contributed by atoms with Crippen LogP contribution in [0, 0.1) is 6.92 Å². The van der Waals surface area contributed by atoms with Crippen LogP contribution in [0.1, 0.15) is 35.5 Å². The summed E-state index contributed by atoms with van der Waals surface area (Å²) in [7, 11) is 0. The van der Waals surface area contributed by atoms with Crippen LogP contribution in [0.3, 0.4) is 0 Å². The van der Waals surface area contributed by atoms with E-state index in [0.717, 1.165) is 72.4 Å². The molecule has 3 aromatic rings. The predicted molar refractivity (Wildman–Crippen MR) is 138 cm³/mol. The quantitative estimate of drug-likeness (QED) is 0.447. The van der Waals surface area contributed by atoms with Crippen LogP contribution >= 0.6 is 24.0 Å². The Bertz CT molecular complexity index is 1080. The van der Waals surface area contributed by atoms with Gasteiger partial charge < -0.3 is 19.4 Å². The molecule has 8 heteroatoms. The summed E-state index contributed by atoms with van der Waals surface area (Å²) >= 11 is 7.43. The molecule has 1 N–H and O–H groups in total. The SMILES string of the molecule is Cc1ccc(Sc2ccc([C@@H]3[C@H](c4ccccn4)NC(=S)N3CCCN3CCOCC3)o2)cc1. The molecule has 2 atom stereocenters. The summed E-state index contributed by atoms with van der Waals surface area (Å²) in [6.07, 6.45) is 2.86. The first kappa shape index (κ1) is 23.4. The van der Waals surface area contributed by atoms with Crippen LogP contribution < -0.4 is 5.32 Å². The first-order valence-corrected chi connectivity index (χ1v) is 13.0. The van der Waals surface area contributed by atoms with Crippen LogP contribution in [-0.4, -0.2) is 59.3 Å². The molecule has 6 nitrogen and oxygen atoms in total. The Morgan fingerprint density at radius 1 is 1.06 bits per heavy atom. The lowest BCUT2D eigenvalue weighted by molar-refractivity contribution is 0.0365. The minimum absolute atomic E-state index is 0.0422. The fraction of sp³-hybridized carbons (Fsp3) is 0.385. The maximum absolute atomic E-state index is 6.40. The molecular weight excluding hydrogens is 464 g/mol. The number of nitrogens with one attached hydrogen (secondary N) is 1. The number of benzene rings is 1. The highest BCUT2D eigenvalue weighted by Crippen LogP contribution is 2.41. The van der Waals surface area contributed by atoms with E-state index in [4.69, 9.17) is 21.4 Å². The molecule has 0 bridgehead atoms. The van der Waals surface area contributed by atoms with Gasteiger partial charge in [-0.2, -0.15) is 0 Å². The molecule has 2 aromatic heterocycles. The third-order valence-corrected chi connectivity index (χ3v) is 7.59. The first-order chi connectivity index (χ1) is 16.7. The number of rotatable bonds is 8. The molecule has 34 heavy (non-hydrogen) atoms. The standard InChI is InChI=1S/C26H30N4O2S2/c1-19-6-8-20(9-7-19)34-23-11-10-22(32-23)25-24(21-5-2-3-12-27-21)28-26(33)30(25)14-4-13-29-15-17-31-18-16-29/h2-3,5-12,24-25H,4,13-18H2,1H3,(H,28,33)/t24-,25+/m0/s1. The third kappa shape index (κ3) is 5.46. The van der Waals surface area contributed by atoms with E-state index in [1.54, 1.807) is 11.8 Å². The van der Waals surface area contributed by atoms with Crippen molar-refractivity contribution in [3.63, 3.8) is 0 Å². The van der Waals surface area contributed by atoms with Crippen LogP contribution in [0.5, 0.6) is 0 Å². The second-order valence-corrected chi connectivity index (χ2v) is 10.2. The molecule has 178 valence electrons. The number of hydrogen-bond donors (Lipinski definition) is 1. The highest BCUT2D eigenvalue weighted by atomic mass is 32.2. The van der Waals surface area contributed by atoms with Crippen LogP contribution in [0.25, 0.3) is 0 Å². The molecular formula is C26H30N4O2S2. The van der Waals surface area contributed by atoms with Gasteiger partial charge in [0.25, 0.3) is 0 Å². The second-order valence-electron chi connectivity index (χ2n) is 8.70. The lowest BCUT2D eigenvalue weighted by atomic mass is 10.0. The zero-order valence-electron chi connectivity index (χ0n) is 19.4. The number of hydrogen-bond acceptors (Lipinski definition) is 6. The number of nitrogens with zero attached hydrogens (tertiary/aromatic N) is 3. The highest BCUT2D eigenvalue weighted by Gasteiger charge is 2.41. The molecule has 1 aromatic carbocycles. The van der Waals surface area contributed by atoms with Gasteiger partial charge in [-0.25, -0.2) is 0 Å². The molecule has 0 unspecified atom stereocenters. The van der Waals surface area contributed by atoms with Gasteiger partial charge in [0.1, 0.15) is 11.8 Å². The van der Waals surface area contributed by atoms with Crippen LogP contribution in [0.4, 0.5) is 0 Å². The first-order valence-electron chi connectivity index (χ1n) is 11.8. The van der Waals surface area contributed by atoms with Crippen molar-refractivity contribution in [1.82, 2.24) is 20.1 Å². The topological polar surface area (TPSA) is 53.8 Å². The van der Waals surface area contributed by atoms with E-state index in [1.165, 1.54) is 5.56 Å². The van der Waals surface area contributed by atoms with Crippen molar-refractivity contribution in [3.8, 4) is 0 Å². The Kier molecular flexibility index (Phi) is 7.49. The number of pyridine rings is 1. The number of morpholine rings is 1. The van der Waals surface area contributed by atoms with Crippen molar-refractivity contribution >= 4 is 29.1 Å². The lowest BCUT2D eigenvalue weighted by Crippen LogP contribution is -2.38. The van der Waals surface area contributed by atoms with E-state index in [0.29, 0.717) is 0 Å². The molecule has 2 fully saturated rings. The molecule has 2 saturated heterocycles. The van der Waals surface area contributed by atoms with Gasteiger partial charge in [-0.1, -0.05) is 35.5 Å². The molecule has 0 aliphatic carbocycles. The number of thiocarbonyl (C=S) groups is 1. The van der Waals surface area contributed by atoms with E-state index >= 15 is 0 Å². The smallest absolute Gasteiger partial charge is 0.170 e. The summed E-state index contributed by atoms with van der Waals surface area (Å²) in [4.78, 5) is 10.5.